The monoisotopic (exact) mass is 301 g/mol. The number of aromatic amines is 3. The van der Waals surface area contributed by atoms with Crippen molar-refractivity contribution in [2.24, 2.45) is 0 Å². The molecule has 7 nitrogen and oxygen atoms in total. The zero-order valence-corrected chi connectivity index (χ0v) is 11.9. The lowest BCUT2D eigenvalue weighted by Crippen LogP contribution is -1.82. The Hall–Kier alpha value is -3.48. The highest BCUT2D eigenvalue weighted by molar-refractivity contribution is 5.95. The van der Waals surface area contributed by atoms with Gasteiger partial charge in [0.05, 0.1) is 17.6 Å². The van der Waals surface area contributed by atoms with Crippen LogP contribution in [0.15, 0.2) is 49.1 Å². The largest absolute Gasteiger partial charge is 0.338 e. The Morgan fingerprint density at radius 2 is 2.00 bits per heavy atom. The molecular weight excluding hydrogens is 290 g/mol. The van der Waals surface area contributed by atoms with Gasteiger partial charge in [-0.05, 0) is 24.3 Å². The van der Waals surface area contributed by atoms with Gasteiger partial charge >= 0.3 is 0 Å². The molecule has 0 amide bonds. The van der Waals surface area contributed by atoms with Crippen molar-refractivity contribution in [3.05, 3.63) is 49.1 Å². The summed E-state index contributed by atoms with van der Waals surface area (Å²) in [4.78, 5) is 12.1. The molecule has 23 heavy (non-hydrogen) atoms. The molecule has 0 aliphatic heterocycles. The summed E-state index contributed by atoms with van der Waals surface area (Å²) < 4.78 is 0. The van der Waals surface area contributed by atoms with Gasteiger partial charge in [0, 0.05) is 40.5 Å². The summed E-state index contributed by atoms with van der Waals surface area (Å²) in [5.74, 6) is 0. The van der Waals surface area contributed by atoms with Crippen molar-refractivity contribution < 1.29 is 0 Å². The molecule has 3 N–H and O–H groups in total. The molecule has 0 aliphatic carbocycles. The van der Waals surface area contributed by atoms with Crippen LogP contribution in [-0.2, 0) is 0 Å². The van der Waals surface area contributed by atoms with E-state index >= 15 is 0 Å². The third kappa shape index (κ3) is 1.83. The molecule has 0 saturated carbocycles. The maximum atomic E-state index is 4.42. The predicted octanol–water partition coefficient (Wildman–Crippen LogP) is 2.89. The molecule has 0 spiro atoms. The second-order valence-electron chi connectivity index (χ2n) is 5.30. The first-order valence-electron chi connectivity index (χ1n) is 7.16. The molecule has 0 aromatic carbocycles. The lowest BCUT2D eigenvalue weighted by molar-refractivity contribution is 1.09. The number of rotatable bonds is 2. The maximum Gasteiger partial charge on any atom is 0.181 e. The molecule has 0 aliphatic rings. The Labute approximate surface area is 129 Å². The Morgan fingerprint density at radius 1 is 1.00 bits per heavy atom. The number of hydrogen-bond donors (Lipinski definition) is 3. The minimum absolute atomic E-state index is 0.680. The Balaban J connectivity index is 1.73. The van der Waals surface area contributed by atoms with Gasteiger partial charge in [-0.15, -0.1) is 0 Å². The third-order valence-electron chi connectivity index (χ3n) is 3.90. The highest BCUT2D eigenvalue weighted by Crippen LogP contribution is 2.29. The summed E-state index contributed by atoms with van der Waals surface area (Å²) in [6, 6.07) is 8.06. The Bertz CT molecular complexity index is 1080. The van der Waals surface area contributed by atoms with Gasteiger partial charge in [-0.2, -0.15) is 10.2 Å². The van der Waals surface area contributed by atoms with E-state index in [0.717, 1.165) is 38.9 Å². The van der Waals surface area contributed by atoms with E-state index in [4.69, 9.17) is 0 Å². The number of fused-ring (bicyclic) bond motifs is 2. The molecule has 5 aromatic rings. The number of pyridine rings is 2. The van der Waals surface area contributed by atoms with Crippen LogP contribution in [-0.4, -0.2) is 35.3 Å². The van der Waals surface area contributed by atoms with Gasteiger partial charge in [-0.25, -0.2) is 9.97 Å². The van der Waals surface area contributed by atoms with E-state index in [2.05, 4.69) is 47.5 Å². The van der Waals surface area contributed by atoms with Crippen molar-refractivity contribution in [2.45, 2.75) is 0 Å². The number of aromatic nitrogens is 7. The number of hydrogen-bond acceptors (Lipinski definition) is 4. The van der Waals surface area contributed by atoms with Crippen molar-refractivity contribution in [1.82, 2.24) is 35.3 Å². The molecular formula is C16H11N7. The minimum atomic E-state index is 0.680. The van der Waals surface area contributed by atoms with E-state index in [1.807, 2.05) is 18.3 Å². The van der Waals surface area contributed by atoms with E-state index in [0.29, 0.717) is 5.65 Å². The highest BCUT2D eigenvalue weighted by Gasteiger charge is 2.13. The van der Waals surface area contributed by atoms with Gasteiger partial charge in [0.2, 0.25) is 0 Å². The van der Waals surface area contributed by atoms with Crippen LogP contribution in [0.3, 0.4) is 0 Å². The molecule has 110 valence electrons. The summed E-state index contributed by atoms with van der Waals surface area (Å²) in [5.41, 5.74) is 5.35. The molecule has 5 heterocycles. The maximum absolute atomic E-state index is 4.42. The molecule has 0 radical (unpaired) electrons. The summed E-state index contributed by atoms with van der Waals surface area (Å²) in [7, 11) is 0. The van der Waals surface area contributed by atoms with Crippen LogP contribution >= 0.6 is 0 Å². The standard InChI is InChI=1S/C16H11N7/c1-2-9-5-13(21-15(9)17-3-1)14-12-4-10(11-7-19-20-8-11)6-18-16(12)23-22-14/h1-8H,(H,17,21)(H,19,20)(H,18,22,23). The molecule has 0 saturated heterocycles. The first kappa shape index (κ1) is 12.1. The van der Waals surface area contributed by atoms with Crippen LogP contribution < -0.4 is 0 Å². The van der Waals surface area contributed by atoms with Crippen LogP contribution in [0.4, 0.5) is 0 Å². The molecule has 0 unspecified atom stereocenters. The van der Waals surface area contributed by atoms with E-state index in [9.17, 15) is 0 Å². The van der Waals surface area contributed by atoms with E-state index in [-0.39, 0.29) is 0 Å². The van der Waals surface area contributed by atoms with Crippen LogP contribution in [0.5, 0.6) is 0 Å². The quantitative estimate of drug-likeness (QED) is 0.467. The van der Waals surface area contributed by atoms with Crippen molar-refractivity contribution in [2.75, 3.05) is 0 Å². The summed E-state index contributed by atoms with van der Waals surface area (Å²) in [6.45, 7) is 0. The predicted molar refractivity (Wildman–Crippen MR) is 86.6 cm³/mol. The third-order valence-corrected chi connectivity index (χ3v) is 3.90. The lowest BCUT2D eigenvalue weighted by Gasteiger charge is -1.98. The average molecular weight is 301 g/mol. The van der Waals surface area contributed by atoms with E-state index < -0.39 is 0 Å². The summed E-state index contributed by atoms with van der Waals surface area (Å²) in [6.07, 6.45) is 7.18. The number of H-pyrrole nitrogens is 3. The van der Waals surface area contributed by atoms with Crippen LogP contribution in [0.1, 0.15) is 0 Å². The molecule has 0 bridgehead atoms. The fourth-order valence-electron chi connectivity index (χ4n) is 2.76. The smallest absolute Gasteiger partial charge is 0.181 e. The van der Waals surface area contributed by atoms with Crippen molar-refractivity contribution in [1.29, 1.82) is 0 Å². The SMILES string of the molecule is c1cnc2[nH]c(-c3[nH]nc4ncc(-c5cn[nH]c5)cc34)cc2c1. The molecule has 0 fully saturated rings. The molecule has 7 heteroatoms. The van der Waals surface area contributed by atoms with Gasteiger partial charge in [-0.1, -0.05) is 0 Å². The number of nitrogens with zero attached hydrogens (tertiary/aromatic N) is 4. The van der Waals surface area contributed by atoms with Gasteiger partial charge in [0.1, 0.15) is 5.65 Å². The van der Waals surface area contributed by atoms with Gasteiger partial charge in [0.15, 0.2) is 5.65 Å². The van der Waals surface area contributed by atoms with Gasteiger partial charge in [0.25, 0.3) is 0 Å². The minimum Gasteiger partial charge on any atom is -0.338 e. The van der Waals surface area contributed by atoms with Crippen LogP contribution in [0.25, 0.3) is 44.6 Å². The summed E-state index contributed by atoms with van der Waals surface area (Å²) in [5, 5.41) is 16.2. The zero-order valence-electron chi connectivity index (χ0n) is 11.9. The van der Waals surface area contributed by atoms with Crippen LogP contribution in [0.2, 0.25) is 0 Å². The lowest BCUT2D eigenvalue weighted by atomic mass is 10.1. The second kappa shape index (κ2) is 4.51. The Morgan fingerprint density at radius 3 is 2.87 bits per heavy atom. The van der Waals surface area contributed by atoms with Gasteiger partial charge < -0.3 is 4.98 Å². The van der Waals surface area contributed by atoms with E-state index in [1.54, 1.807) is 18.6 Å². The molecule has 0 atom stereocenters. The van der Waals surface area contributed by atoms with Crippen molar-refractivity contribution in [3.8, 4) is 22.5 Å². The molecule has 5 rings (SSSR count). The van der Waals surface area contributed by atoms with Crippen molar-refractivity contribution in [3.63, 3.8) is 0 Å². The highest BCUT2D eigenvalue weighted by atomic mass is 15.2. The first-order valence-corrected chi connectivity index (χ1v) is 7.16. The topological polar surface area (TPSA) is 98.9 Å². The molecule has 5 aromatic heterocycles. The van der Waals surface area contributed by atoms with Crippen molar-refractivity contribution >= 4 is 22.1 Å². The summed E-state index contributed by atoms with van der Waals surface area (Å²) >= 11 is 0. The van der Waals surface area contributed by atoms with Crippen LogP contribution in [0, 0.1) is 0 Å². The fourth-order valence-corrected chi connectivity index (χ4v) is 2.76. The first-order chi connectivity index (χ1) is 11.4. The van der Waals surface area contributed by atoms with Gasteiger partial charge in [-0.3, -0.25) is 10.2 Å². The zero-order chi connectivity index (χ0) is 15.2. The second-order valence-corrected chi connectivity index (χ2v) is 5.30. The van der Waals surface area contributed by atoms with E-state index in [1.165, 1.54) is 0 Å². The average Bonchev–Trinajstić information content (AvgIpc) is 3.32. The Kier molecular flexibility index (Phi) is 2.37. The number of nitrogens with one attached hydrogen (secondary N) is 3. The fraction of sp³-hybridized carbons (Fsp3) is 0. The normalized spacial score (nSPS) is 11.5.